The summed E-state index contributed by atoms with van der Waals surface area (Å²) in [6.07, 6.45) is 2.98. The summed E-state index contributed by atoms with van der Waals surface area (Å²) < 4.78 is 10.1. The first-order valence-electron chi connectivity index (χ1n) is 14.0. The number of alkyl carbamates (subject to hydrolysis) is 1. The van der Waals surface area contributed by atoms with Crippen molar-refractivity contribution in [2.45, 2.75) is 57.8 Å². The van der Waals surface area contributed by atoms with E-state index in [2.05, 4.69) is 21.3 Å². The Kier molecular flexibility index (Phi) is 12.6. The summed E-state index contributed by atoms with van der Waals surface area (Å²) in [5.74, 6) is -2.12. The summed E-state index contributed by atoms with van der Waals surface area (Å²) in [6.45, 7) is 3.95. The van der Waals surface area contributed by atoms with Crippen molar-refractivity contribution >= 4 is 29.8 Å². The Labute approximate surface area is 245 Å². The second kappa shape index (κ2) is 16.6. The Morgan fingerprint density at radius 3 is 2.21 bits per heavy atom. The average Bonchev–Trinajstić information content (AvgIpc) is 3.39. The number of esters is 1. The number of benzene rings is 2. The molecule has 11 heteroatoms. The van der Waals surface area contributed by atoms with Crippen LogP contribution in [0, 0.1) is 5.92 Å². The number of carbonyl (C=O) groups is 5. The zero-order chi connectivity index (χ0) is 30.3. The highest BCUT2D eigenvalue weighted by molar-refractivity contribution is 5.91. The monoisotopic (exact) mass is 578 g/mol. The van der Waals surface area contributed by atoms with E-state index < -0.39 is 42.0 Å². The number of ether oxygens (including phenoxy) is 2. The van der Waals surface area contributed by atoms with Crippen molar-refractivity contribution in [3.63, 3.8) is 0 Å². The third kappa shape index (κ3) is 10.7. The third-order valence-corrected chi connectivity index (χ3v) is 6.64. The number of rotatable bonds is 14. The summed E-state index contributed by atoms with van der Waals surface area (Å²) in [5.41, 5.74) is 1.60. The van der Waals surface area contributed by atoms with Crippen LogP contribution in [0.4, 0.5) is 4.79 Å². The molecule has 1 saturated heterocycles. The van der Waals surface area contributed by atoms with Crippen LogP contribution in [-0.2, 0) is 41.7 Å². The van der Waals surface area contributed by atoms with Crippen LogP contribution in [0.2, 0.25) is 0 Å². The van der Waals surface area contributed by atoms with Gasteiger partial charge in [0.05, 0.1) is 6.61 Å². The number of amides is 4. The molecule has 2 aromatic rings. The summed E-state index contributed by atoms with van der Waals surface area (Å²) >= 11 is 0. The fourth-order valence-corrected chi connectivity index (χ4v) is 4.39. The van der Waals surface area contributed by atoms with Crippen molar-refractivity contribution in [2.75, 3.05) is 13.2 Å². The number of nitrogens with one attached hydrogen (secondary N) is 4. The second-order valence-corrected chi connectivity index (χ2v) is 9.92. The molecule has 1 aliphatic heterocycles. The quantitative estimate of drug-likeness (QED) is 0.198. The van der Waals surface area contributed by atoms with E-state index in [1.54, 1.807) is 6.92 Å². The van der Waals surface area contributed by atoms with E-state index in [4.69, 9.17) is 9.47 Å². The van der Waals surface area contributed by atoms with Crippen molar-refractivity contribution in [3.05, 3.63) is 83.9 Å². The predicted octanol–water partition coefficient (Wildman–Crippen LogP) is 2.16. The molecule has 11 nitrogen and oxygen atoms in total. The molecule has 1 fully saturated rings. The third-order valence-electron chi connectivity index (χ3n) is 6.64. The van der Waals surface area contributed by atoms with E-state index in [9.17, 15) is 24.0 Å². The number of carbonyl (C=O) groups excluding carboxylic acids is 5. The van der Waals surface area contributed by atoms with Gasteiger partial charge in [-0.2, -0.15) is 0 Å². The Balaban J connectivity index is 1.68. The topological polar surface area (TPSA) is 152 Å². The van der Waals surface area contributed by atoms with Gasteiger partial charge < -0.3 is 30.7 Å². The van der Waals surface area contributed by atoms with Gasteiger partial charge in [-0.25, -0.2) is 9.59 Å². The van der Waals surface area contributed by atoms with E-state index in [-0.39, 0.29) is 37.9 Å². The molecule has 0 saturated carbocycles. The highest BCUT2D eigenvalue weighted by Crippen LogP contribution is 2.17. The molecule has 224 valence electrons. The van der Waals surface area contributed by atoms with Crippen molar-refractivity contribution in [1.82, 2.24) is 21.3 Å². The van der Waals surface area contributed by atoms with E-state index >= 15 is 0 Å². The fourth-order valence-electron chi connectivity index (χ4n) is 4.39. The maximum absolute atomic E-state index is 13.5. The normalized spacial score (nSPS) is 16.5. The second-order valence-electron chi connectivity index (χ2n) is 9.92. The summed E-state index contributed by atoms with van der Waals surface area (Å²) in [6, 6.07) is 15.6. The molecule has 4 N–H and O–H groups in total. The van der Waals surface area contributed by atoms with Crippen LogP contribution in [-0.4, -0.2) is 61.1 Å². The lowest BCUT2D eigenvalue weighted by molar-refractivity contribution is -0.137. The largest absolute Gasteiger partial charge is 0.463 e. The molecule has 0 bridgehead atoms. The standard InChI is InChI=1S/C31H38N4O7/c1-3-41-27(36)15-14-25(19-24-16-17-32-29(24)38)34-30(39)26(18-22-10-6-4-7-11-22)35-28(37)21(2)33-31(40)42-20-23-12-8-5-9-13-23/h4-15,21,24-26H,3,16-20H2,1-2H3,(H,32,38)(H,33,40)(H,34,39)(H,35,37)/b15-14+/t21-,24-,25+,26-/m0/s1. The summed E-state index contributed by atoms with van der Waals surface area (Å²) in [4.78, 5) is 63.0. The van der Waals surface area contributed by atoms with Crippen LogP contribution in [0.3, 0.4) is 0 Å². The zero-order valence-corrected chi connectivity index (χ0v) is 23.8. The van der Waals surface area contributed by atoms with Gasteiger partial charge in [-0.1, -0.05) is 66.7 Å². The molecule has 0 aliphatic carbocycles. The van der Waals surface area contributed by atoms with Crippen molar-refractivity contribution in [3.8, 4) is 0 Å². The van der Waals surface area contributed by atoms with Gasteiger partial charge >= 0.3 is 12.1 Å². The molecule has 0 aromatic heterocycles. The first-order chi connectivity index (χ1) is 20.2. The van der Waals surface area contributed by atoms with E-state index in [0.717, 1.165) is 11.1 Å². The molecule has 0 unspecified atom stereocenters. The van der Waals surface area contributed by atoms with Gasteiger partial charge in [0.2, 0.25) is 17.7 Å². The van der Waals surface area contributed by atoms with E-state index in [1.165, 1.54) is 19.1 Å². The molecule has 42 heavy (non-hydrogen) atoms. The van der Waals surface area contributed by atoms with Crippen LogP contribution < -0.4 is 21.3 Å². The molecule has 2 aromatic carbocycles. The van der Waals surface area contributed by atoms with Crippen molar-refractivity contribution in [2.24, 2.45) is 5.92 Å². The minimum absolute atomic E-state index is 0.0414. The van der Waals surface area contributed by atoms with Crippen molar-refractivity contribution < 1.29 is 33.4 Å². The molecule has 3 rings (SSSR count). The van der Waals surface area contributed by atoms with Gasteiger partial charge in [0.1, 0.15) is 18.7 Å². The van der Waals surface area contributed by atoms with Gasteiger partial charge in [0, 0.05) is 31.0 Å². The molecule has 0 spiro atoms. The Hall–Kier alpha value is -4.67. The minimum atomic E-state index is -1.01. The maximum Gasteiger partial charge on any atom is 0.408 e. The lowest BCUT2D eigenvalue weighted by Gasteiger charge is -2.24. The van der Waals surface area contributed by atoms with Gasteiger partial charge in [-0.3, -0.25) is 14.4 Å². The minimum Gasteiger partial charge on any atom is -0.463 e. The van der Waals surface area contributed by atoms with Gasteiger partial charge in [-0.05, 0) is 37.8 Å². The number of hydrogen-bond acceptors (Lipinski definition) is 7. The van der Waals surface area contributed by atoms with Crippen LogP contribution in [0.25, 0.3) is 0 Å². The lowest BCUT2D eigenvalue weighted by atomic mass is 9.97. The molecule has 0 radical (unpaired) electrons. The maximum atomic E-state index is 13.5. The van der Waals surface area contributed by atoms with Gasteiger partial charge in [-0.15, -0.1) is 0 Å². The molecule has 4 atom stereocenters. The molecular weight excluding hydrogens is 540 g/mol. The van der Waals surface area contributed by atoms with Crippen LogP contribution in [0.5, 0.6) is 0 Å². The zero-order valence-electron chi connectivity index (χ0n) is 23.8. The summed E-state index contributed by atoms with van der Waals surface area (Å²) in [7, 11) is 0. The number of hydrogen-bond donors (Lipinski definition) is 4. The first-order valence-corrected chi connectivity index (χ1v) is 14.0. The van der Waals surface area contributed by atoms with Crippen LogP contribution in [0.15, 0.2) is 72.8 Å². The van der Waals surface area contributed by atoms with Crippen molar-refractivity contribution in [1.29, 1.82) is 0 Å². The van der Waals surface area contributed by atoms with E-state index in [1.807, 2.05) is 60.7 Å². The first kappa shape index (κ1) is 31.9. The molecule has 4 amide bonds. The SMILES string of the molecule is CCOC(=O)/C=C/[C@H](C[C@@H]1CCNC1=O)NC(=O)[C@H](Cc1ccccc1)NC(=O)[C@H](C)NC(=O)OCc1ccccc1. The average molecular weight is 579 g/mol. The van der Waals surface area contributed by atoms with Crippen LogP contribution >= 0.6 is 0 Å². The molecule has 1 heterocycles. The van der Waals surface area contributed by atoms with Crippen LogP contribution in [0.1, 0.15) is 37.8 Å². The fraction of sp³-hybridized carbons (Fsp3) is 0.387. The highest BCUT2D eigenvalue weighted by atomic mass is 16.5. The predicted molar refractivity (Wildman–Crippen MR) is 155 cm³/mol. The van der Waals surface area contributed by atoms with Gasteiger partial charge in [0.25, 0.3) is 0 Å². The van der Waals surface area contributed by atoms with Gasteiger partial charge in [0.15, 0.2) is 0 Å². The smallest absolute Gasteiger partial charge is 0.408 e. The summed E-state index contributed by atoms with van der Waals surface area (Å²) in [5, 5.41) is 10.8. The molecule has 1 aliphatic rings. The highest BCUT2D eigenvalue weighted by Gasteiger charge is 2.30. The Morgan fingerprint density at radius 1 is 0.929 bits per heavy atom. The molecular formula is C31H38N4O7. The Bertz CT molecular complexity index is 1240. The Morgan fingerprint density at radius 2 is 1.60 bits per heavy atom. The van der Waals surface area contributed by atoms with E-state index in [0.29, 0.717) is 13.0 Å². The lowest BCUT2D eigenvalue weighted by Crippen LogP contribution is -2.55.